The summed E-state index contributed by atoms with van der Waals surface area (Å²) in [5.41, 5.74) is 3.84. The maximum Gasteiger partial charge on any atom is 0.243 e. The summed E-state index contributed by atoms with van der Waals surface area (Å²) in [6.07, 6.45) is 2.54. The molecule has 0 spiro atoms. The van der Waals surface area contributed by atoms with Gasteiger partial charge in [-0.1, -0.05) is 97.7 Å². The zero-order chi connectivity index (χ0) is 24.3. The number of benzene rings is 3. The summed E-state index contributed by atoms with van der Waals surface area (Å²) in [7, 11) is 0. The first-order valence-corrected chi connectivity index (χ1v) is 12.3. The van der Waals surface area contributed by atoms with Gasteiger partial charge in [0.15, 0.2) is 0 Å². The van der Waals surface area contributed by atoms with Gasteiger partial charge in [0.25, 0.3) is 0 Å². The van der Waals surface area contributed by atoms with Crippen LogP contribution in [0.5, 0.6) is 0 Å². The van der Waals surface area contributed by atoms with Gasteiger partial charge in [-0.15, -0.1) is 0 Å². The predicted molar refractivity (Wildman–Crippen MR) is 139 cm³/mol. The summed E-state index contributed by atoms with van der Waals surface area (Å²) in [6.45, 7) is 4.94. The fraction of sp³-hybridized carbons (Fsp3) is 0.310. The summed E-state index contributed by atoms with van der Waals surface area (Å²) < 4.78 is 0. The smallest absolute Gasteiger partial charge is 0.243 e. The van der Waals surface area contributed by atoms with Gasteiger partial charge in [0.05, 0.1) is 6.42 Å². The number of carbonyl (C=O) groups excluding carboxylic acids is 2. The normalized spacial score (nSPS) is 11.6. The van der Waals surface area contributed by atoms with Crippen LogP contribution in [0.2, 0.25) is 5.02 Å². The number of hydrogen-bond donors (Lipinski definition) is 1. The average Bonchev–Trinajstić information content (AvgIpc) is 2.84. The Morgan fingerprint density at radius 1 is 0.912 bits per heavy atom. The molecule has 0 saturated heterocycles. The van der Waals surface area contributed by atoms with E-state index in [2.05, 4.69) is 12.2 Å². The fourth-order valence-corrected chi connectivity index (χ4v) is 4.14. The number of nitrogens with zero attached hydrogens (tertiary/aromatic N) is 1. The first-order chi connectivity index (χ1) is 16.5. The number of amides is 2. The van der Waals surface area contributed by atoms with E-state index < -0.39 is 6.04 Å². The first-order valence-electron chi connectivity index (χ1n) is 11.9. The van der Waals surface area contributed by atoms with Crippen molar-refractivity contribution in [2.45, 2.75) is 52.1 Å². The zero-order valence-corrected chi connectivity index (χ0v) is 20.7. The molecule has 0 aliphatic rings. The molecule has 0 saturated carbocycles. The Morgan fingerprint density at radius 2 is 1.56 bits per heavy atom. The summed E-state index contributed by atoms with van der Waals surface area (Å²) in [5.74, 6) is -0.233. The lowest BCUT2D eigenvalue weighted by Gasteiger charge is -2.32. The third-order valence-electron chi connectivity index (χ3n) is 6.00. The van der Waals surface area contributed by atoms with Crippen molar-refractivity contribution in [1.82, 2.24) is 10.2 Å². The van der Waals surface area contributed by atoms with E-state index in [1.165, 1.54) is 0 Å². The third-order valence-corrected chi connectivity index (χ3v) is 6.37. The average molecular weight is 477 g/mol. The second-order valence-corrected chi connectivity index (χ2v) is 8.97. The van der Waals surface area contributed by atoms with Crippen LogP contribution in [0, 0.1) is 6.92 Å². The van der Waals surface area contributed by atoms with Crippen molar-refractivity contribution in [2.24, 2.45) is 0 Å². The molecule has 0 aliphatic carbocycles. The molecular formula is C29H33ClN2O2. The van der Waals surface area contributed by atoms with Gasteiger partial charge >= 0.3 is 0 Å². The molecule has 0 radical (unpaired) electrons. The van der Waals surface area contributed by atoms with Crippen molar-refractivity contribution in [3.05, 3.63) is 106 Å². The molecule has 0 heterocycles. The molecule has 5 heteroatoms. The predicted octanol–water partition coefficient (Wildman–Crippen LogP) is 5.75. The maximum atomic E-state index is 13.7. The van der Waals surface area contributed by atoms with Gasteiger partial charge in [-0.05, 0) is 41.7 Å². The molecule has 0 fully saturated rings. The standard InChI is InChI=1S/C29H33ClN2O2/c1-3-4-18-31-29(34)27(19-23-13-6-5-7-14-23)32(21-25-16-10-11-17-26(25)30)28(33)20-24-15-9-8-12-22(24)2/h5-17,27H,3-4,18-21H2,1-2H3,(H,31,34)/t27-/m0/s1. The quantitative estimate of drug-likeness (QED) is 0.358. The molecule has 4 nitrogen and oxygen atoms in total. The number of unbranched alkanes of at least 4 members (excludes halogenated alkanes) is 1. The summed E-state index contributed by atoms with van der Waals surface area (Å²) in [6, 6.07) is 24.5. The highest BCUT2D eigenvalue weighted by molar-refractivity contribution is 6.31. The molecule has 34 heavy (non-hydrogen) atoms. The van der Waals surface area contributed by atoms with Crippen LogP contribution in [0.1, 0.15) is 42.0 Å². The first kappa shape index (κ1) is 25.5. The monoisotopic (exact) mass is 476 g/mol. The minimum Gasteiger partial charge on any atom is -0.354 e. The van der Waals surface area contributed by atoms with E-state index >= 15 is 0 Å². The molecule has 0 aliphatic heterocycles. The van der Waals surface area contributed by atoms with Gasteiger partial charge in [0.1, 0.15) is 6.04 Å². The Kier molecular flexibility index (Phi) is 9.72. The van der Waals surface area contributed by atoms with Crippen molar-refractivity contribution in [1.29, 1.82) is 0 Å². The molecule has 0 aromatic heterocycles. The molecule has 1 atom stereocenters. The van der Waals surface area contributed by atoms with Crippen LogP contribution in [-0.2, 0) is 29.0 Å². The Bertz CT molecular complexity index is 1080. The Balaban J connectivity index is 1.96. The van der Waals surface area contributed by atoms with Crippen LogP contribution in [-0.4, -0.2) is 29.3 Å². The highest BCUT2D eigenvalue weighted by atomic mass is 35.5. The number of rotatable bonds is 11. The zero-order valence-electron chi connectivity index (χ0n) is 20.0. The molecule has 1 N–H and O–H groups in total. The van der Waals surface area contributed by atoms with E-state index in [1.807, 2.05) is 85.8 Å². The molecule has 0 unspecified atom stereocenters. The third kappa shape index (κ3) is 7.19. The van der Waals surface area contributed by atoms with E-state index in [0.717, 1.165) is 35.1 Å². The van der Waals surface area contributed by atoms with Crippen LogP contribution >= 0.6 is 11.6 Å². The van der Waals surface area contributed by atoms with Gasteiger partial charge in [0, 0.05) is 24.5 Å². The van der Waals surface area contributed by atoms with Crippen LogP contribution in [0.4, 0.5) is 0 Å². The SMILES string of the molecule is CCCCNC(=O)[C@H](Cc1ccccc1)N(Cc1ccccc1Cl)C(=O)Cc1ccccc1C. The van der Waals surface area contributed by atoms with E-state index in [0.29, 0.717) is 18.0 Å². The second kappa shape index (κ2) is 13.0. The fourth-order valence-electron chi connectivity index (χ4n) is 3.94. The van der Waals surface area contributed by atoms with Crippen LogP contribution in [0.15, 0.2) is 78.9 Å². The number of hydrogen-bond acceptors (Lipinski definition) is 2. The van der Waals surface area contributed by atoms with E-state index in [-0.39, 0.29) is 24.8 Å². The number of halogens is 1. The molecular weight excluding hydrogens is 444 g/mol. The molecule has 3 aromatic carbocycles. The van der Waals surface area contributed by atoms with E-state index in [1.54, 1.807) is 4.90 Å². The van der Waals surface area contributed by atoms with Gasteiger partial charge < -0.3 is 10.2 Å². The molecule has 178 valence electrons. The van der Waals surface area contributed by atoms with Crippen molar-refractivity contribution in [2.75, 3.05) is 6.54 Å². The van der Waals surface area contributed by atoms with Crippen molar-refractivity contribution >= 4 is 23.4 Å². The molecule has 3 rings (SSSR count). The van der Waals surface area contributed by atoms with Crippen LogP contribution in [0.3, 0.4) is 0 Å². The largest absolute Gasteiger partial charge is 0.354 e. The van der Waals surface area contributed by atoms with E-state index in [4.69, 9.17) is 11.6 Å². The van der Waals surface area contributed by atoms with Gasteiger partial charge in [0.2, 0.25) is 11.8 Å². The van der Waals surface area contributed by atoms with Crippen molar-refractivity contribution in [3.63, 3.8) is 0 Å². The number of nitrogens with one attached hydrogen (secondary N) is 1. The lowest BCUT2D eigenvalue weighted by Crippen LogP contribution is -2.51. The number of carbonyl (C=O) groups is 2. The Hall–Kier alpha value is -3.11. The Labute approximate surface area is 207 Å². The van der Waals surface area contributed by atoms with Gasteiger partial charge in [-0.3, -0.25) is 9.59 Å². The second-order valence-electron chi connectivity index (χ2n) is 8.57. The minimum atomic E-state index is -0.646. The van der Waals surface area contributed by atoms with Gasteiger partial charge in [-0.2, -0.15) is 0 Å². The van der Waals surface area contributed by atoms with Gasteiger partial charge in [-0.25, -0.2) is 0 Å². The minimum absolute atomic E-state index is 0.0965. The van der Waals surface area contributed by atoms with E-state index in [9.17, 15) is 9.59 Å². The molecule has 3 aromatic rings. The highest BCUT2D eigenvalue weighted by Crippen LogP contribution is 2.22. The lowest BCUT2D eigenvalue weighted by atomic mass is 10.00. The molecule has 2 amide bonds. The Morgan fingerprint density at radius 3 is 2.24 bits per heavy atom. The van der Waals surface area contributed by atoms with Crippen LogP contribution < -0.4 is 5.32 Å². The maximum absolute atomic E-state index is 13.7. The molecule has 0 bridgehead atoms. The van der Waals surface area contributed by atoms with Crippen molar-refractivity contribution < 1.29 is 9.59 Å². The van der Waals surface area contributed by atoms with Crippen LogP contribution in [0.25, 0.3) is 0 Å². The summed E-state index contributed by atoms with van der Waals surface area (Å²) >= 11 is 6.47. The lowest BCUT2D eigenvalue weighted by molar-refractivity contribution is -0.140. The van der Waals surface area contributed by atoms with Crippen molar-refractivity contribution in [3.8, 4) is 0 Å². The summed E-state index contributed by atoms with van der Waals surface area (Å²) in [4.78, 5) is 28.9. The summed E-state index contributed by atoms with van der Waals surface area (Å²) in [5, 5.41) is 3.63. The topological polar surface area (TPSA) is 49.4 Å². The highest BCUT2D eigenvalue weighted by Gasteiger charge is 2.30. The number of aryl methyl sites for hydroxylation is 1.